The fourth-order valence-corrected chi connectivity index (χ4v) is 3.55. The van der Waals surface area contributed by atoms with E-state index < -0.39 is 6.10 Å². The molecular formula is C23H17Cl3N2O3. The van der Waals surface area contributed by atoms with Gasteiger partial charge in [0, 0.05) is 21.3 Å². The van der Waals surface area contributed by atoms with Crippen molar-refractivity contribution >= 4 is 57.5 Å². The number of fused-ring (bicyclic) bond motifs is 1. The van der Waals surface area contributed by atoms with Crippen LogP contribution in [0.3, 0.4) is 0 Å². The van der Waals surface area contributed by atoms with Gasteiger partial charge in [0.25, 0.3) is 5.91 Å². The molecule has 3 aromatic carbocycles. The Kier molecular flexibility index (Phi) is 6.10. The molecule has 0 spiro atoms. The summed E-state index contributed by atoms with van der Waals surface area (Å²) in [6.07, 6.45) is -0.781. The summed E-state index contributed by atoms with van der Waals surface area (Å²) in [6, 6.07) is 15.7. The molecule has 4 aromatic rings. The van der Waals surface area contributed by atoms with Crippen LogP contribution < -0.4 is 10.1 Å². The van der Waals surface area contributed by atoms with Gasteiger partial charge in [-0.25, -0.2) is 4.98 Å². The van der Waals surface area contributed by atoms with E-state index in [1.165, 1.54) is 0 Å². The SMILES string of the molecule is Cc1ccc(-c2nc3cc(NC(=O)C(C)Oc4ccc(Cl)cc4Cl)ccc3o2)cc1Cl. The first-order chi connectivity index (χ1) is 14.8. The molecule has 0 saturated carbocycles. The molecule has 0 aliphatic carbocycles. The lowest BCUT2D eigenvalue weighted by Gasteiger charge is -2.15. The number of nitrogens with zero attached hydrogens (tertiary/aromatic N) is 1. The second kappa shape index (κ2) is 8.79. The Morgan fingerprint density at radius 3 is 2.58 bits per heavy atom. The number of hydrogen-bond acceptors (Lipinski definition) is 4. The molecule has 31 heavy (non-hydrogen) atoms. The maximum absolute atomic E-state index is 12.6. The van der Waals surface area contributed by atoms with Crippen molar-refractivity contribution in [3.8, 4) is 17.2 Å². The molecule has 0 bridgehead atoms. The summed E-state index contributed by atoms with van der Waals surface area (Å²) < 4.78 is 11.5. The highest BCUT2D eigenvalue weighted by atomic mass is 35.5. The van der Waals surface area contributed by atoms with Crippen molar-refractivity contribution in [1.29, 1.82) is 0 Å². The Bertz CT molecular complexity index is 1290. The smallest absolute Gasteiger partial charge is 0.265 e. The highest BCUT2D eigenvalue weighted by Gasteiger charge is 2.17. The van der Waals surface area contributed by atoms with E-state index in [0.29, 0.717) is 43.5 Å². The van der Waals surface area contributed by atoms with Crippen LogP contribution in [0.2, 0.25) is 15.1 Å². The van der Waals surface area contributed by atoms with Gasteiger partial charge in [-0.05, 0) is 67.9 Å². The molecule has 1 amide bonds. The fourth-order valence-electron chi connectivity index (χ4n) is 2.91. The summed E-state index contributed by atoms with van der Waals surface area (Å²) in [5.74, 6) is 0.496. The number of nitrogens with one attached hydrogen (secondary N) is 1. The molecule has 5 nitrogen and oxygen atoms in total. The summed E-state index contributed by atoms with van der Waals surface area (Å²) in [5.41, 5.74) is 3.53. The van der Waals surface area contributed by atoms with Crippen molar-refractivity contribution in [2.75, 3.05) is 5.32 Å². The van der Waals surface area contributed by atoms with E-state index in [4.69, 9.17) is 44.0 Å². The number of aryl methyl sites for hydroxylation is 1. The van der Waals surface area contributed by atoms with E-state index in [9.17, 15) is 4.79 Å². The Morgan fingerprint density at radius 1 is 1.03 bits per heavy atom. The minimum Gasteiger partial charge on any atom is -0.479 e. The van der Waals surface area contributed by atoms with Crippen molar-refractivity contribution in [2.24, 2.45) is 0 Å². The molecule has 1 heterocycles. The highest BCUT2D eigenvalue weighted by Crippen LogP contribution is 2.30. The molecule has 4 rings (SSSR count). The Balaban J connectivity index is 1.50. The number of amides is 1. The number of carbonyl (C=O) groups is 1. The largest absolute Gasteiger partial charge is 0.479 e. The van der Waals surface area contributed by atoms with Crippen molar-refractivity contribution in [3.05, 3.63) is 75.2 Å². The quantitative estimate of drug-likeness (QED) is 0.332. The maximum Gasteiger partial charge on any atom is 0.265 e. The van der Waals surface area contributed by atoms with Crippen molar-refractivity contribution in [1.82, 2.24) is 4.98 Å². The predicted octanol–water partition coefficient (Wildman–Crippen LogP) is 7.17. The van der Waals surface area contributed by atoms with Crippen LogP contribution in [0.25, 0.3) is 22.6 Å². The zero-order valence-electron chi connectivity index (χ0n) is 16.6. The molecule has 158 valence electrons. The zero-order chi connectivity index (χ0) is 22.1. The Labute approximate surface area is 193 Å². The molecule has 0 fully saturated rings. The second-order valence-corrected chi connectivity index (χ2v) is 8.24. The highest BCUT2D eigenvalue weighted by molar-refractivity contribution is 6.35. The van der Waals surface area contributed by atoms with Gasteiger partial charge < -0.3 is 14.5 Å². The second-order valence-electron chi connectivity index (χ2n) is 6.99. The van der Waals surface area contributed by atoms with Crippen LogP contribution in [0.5, 0.6) is 5.75 Å². The Morgan fingerprint density at radius 2 is 1.84 bits per heavy atom. The summed E-state index contributed by atoms with van der Waals surface area (Å²) in [4.78, 5) is 17.1. The zero-order valence-corrected chi connectivity index (χ0v) is 18.8. The average Bonchev–Trinajstić information content (AvgIpc) is 3.15. The van der Waals surface area contributed by atoms with Gasteiger partial charge in [0.05, 0.1) is 5.02 Å². The summed E-state index contributed by atoms with van der Waals surface area (Å²) in [7, 11) is 0. The van der Waals surface area contributed by atoms with Crippen LogP contribution in [-0.4, -0.2) is 17.0 Å². The van der Waals surface area contributed by atoms with Crippen molar-refractivity contribution in [3.63, 3.8) is 0 Å². The third-order valence-electron chi connectivity index (χ3n) is 4.64. The van der Waals surface area contributed by atoms with E-state index in [-0.39, 0.29) is 5.91 Å². The fraction of sp³-hybridized carbons (Fsp3) is 0.130. The maximum atomic E-state index is 12.6. The molecule has 8 heteroatoms. The summed E-state index contributed by atoms with van der Waals surface area (Å²) in [5, 5.41) is 4.28. The topological polar surface area (TPSA) is 64.4 Å². The van der Waals surface area contributed by atoms with Gasteiger partial charge in [-0.3, -0.25) is 4.79 Å². The lowest BCUT2D eigenvalue weighted by molar-refractivity contribution is -0.122. The third kappa shape index (κ3) is 4.79. The van der Waals surface area contributed by atoms with Gasteiger partial charge >= 0.3 is 0 Å². The predicted molar refractivity (Wildman–Crippen MR) is 124 cm³/mol. The van der Waals surface area contributed by atoms with Gasteiger partial charge in [0.1, 0.15) is 11.3 Å². The number of halogens is 3. The van der Waals surface area contributed by atoms with Gasteiger partial charge in [-0.1, -0.05) is 40.9 Å². The molecule has 0 aliphatic heterocycles. The van der Waals surface area contributed by atoms with Crippen LogP contribution in [-0.2, 0) is 4.79 Å². The lowest BCUT2D eigenvalue weighted by atomic mass is 10.1. The number of hydrogen-bond donors (Lipinski definition) is 1. The van der Waals surface area contributed by atoms with E-state index in [1.54, 1.807) is 43.3 Å². The van der Waals surface area contributed by atoms with Crippen LogP contribution in [0.4, 0.5) is 5.69 Å². The summed E-state index contributed by atoms with van der Waals surface area (Å²) >= 11 is 18.2. The first kappa shape index (κ1) is 21.5. The molecule has 1 aromatic heterocycles. The molecule has 1 N–H and O–H groups in total. The lowest BCUT2D eigenvalue weighted by Crippen LogP contribution is -2.30. The molecule has 0 radical (unpaired) electrons. The standard InChI is InChI=1S/C23H17Cl3N2O3/c1-12-3-4-14(9-17(12)25)23-28-19-11-16(6-8-21(19)31-23)27-22(29)13(2)30-20-7-5-15(24)10-18(20)26/h3-11,13H,1-2H3,(H,27,29). The van der Waals surface area contributed by atoms with E-state index >= 15 is 0 Å². The van der Waals surface area contributed by atoms with E-state index in [2.05, 4.69) is 10.3 Å². The molecule has 1 unspecified atom stereocenters. The number of ether oxygens (including phenoxy) is 1. The number of anilines is 1. The molecule has 1 atom stereocenters. The monoisotopic (exact) mass is 474 g/mol. The molecule has 0 aliphatic rings. The van der Waals surface area contributed by atoms with Gasteiger partial charge in [-0.2, -0.15) is 0 Å². The Hall–Kier alpha value is -2.73. The number of rotatable bonds is 5. The van der Waals surface area contributed by atoms with Gasteiger partial charge in [-0.15, -0.1) is 0 Å². The van der Waals surface area contributed by atoms with Crippen molar-refractivity contribution in [2.45, 2.75) is 20.0 Å². The number of oxazole rings is 1. The first-order valence-corrected chi connectivity index (χ1v) is 10.5. The minimum atomic E-state index is -0.781. The van der Waals surface area contributed by atoms with Crippen LogP contribution in [0, 0.1) is 6.92 Å². The van der Waals surface area contributed by atoms with Gasteiger partial charge in [0.15, 0.2) is 11.7 Å². The first-order valence-electron chi connectivity index (χ1n) is 9.40. The van der Waals surface area contributed by atoms with Crippen molar-refractivity contribution < 1.29 is 13.9 Å². The average molecular weight is 476 g/mol. The summed E-state index contributed by atoms with van der Waals surface area (Å²) in [6.45, 7) is 3.56. The van der Waals surface area contributed by atoms with E-state index in [0.717, 1.165) is 11.1 Å². The van der Waals surface area contributed by atoms with Crippen LogP contribution >= 0.6 is 34.8 Å². The number of benzene rings is 3. The van der Waals surface area contributed by atoms with E-state index in [1.807, 2.05) is 25.1 Å². The number of carbonyl (C=O) groups excluding carboxylic acids is 1. The van der Waals surface area contributed by atoms with Crippen LogP contribution in [0.15, 0.2) is 59.0 Å². The minimum absolute atomic E-state index is 0.333. The van der Waals surface area contributed by atoms with Gasteiger partial charge in [0.2, 0.25) is 5.89 Å². The number of aromatic nitrogens is 1. The molecule has 0 saturated heterocycles. The third-order valence-corrected chi connectivity index (χ3v) is 5.58. The van der Waals surface area contributed by atoms with Crippen LogP contribution in [0.1, 0.15) is 12.5 Å². The normalized spacial score (nSPS) is 12.0. The molecular weight excluding hydrogens is 459 g/mol.